The van der Waals surface area contributed by atoms with Gasteiger partial charge in [0.05, 0.1) is 23.1 Å². The summed E-state index contributed by atoms with van der Waals surface area (Å²) in [6.45, 7) is 2.07. The summed E-state index contributed by atoms with van der Waals surface area (Å²) in [4.78, 5) is 12.5. The Morgan fingerprint density at radius 3 is 2.65 bits per heavy atom. The number of aromatic nitrogens is 2. The van der Waals surface area contributed by atoms with Gasteiger partial charge in [0.15, 0.2) is 5.78 Å². The van der Waals surface area contributed by atoms with Crippen LogP contribution in [0.4, 0.5) is 0 Å². The van der Waals surface area contributed by atoms with Gasteiger partial charge in [-0.2, -0.15) is 5.10 Å². The van der Waals surface area contributed by atoms with Crippen molar-refractivity contribution in [2.75, 3.05) is 0 Å². The summed E-state index contributed by atoms with van der Waals surface area (Å²) >= 11 is 0. The van der Waals surface area contributed by atoms with Crippen molar-refractivity contribution in [2.45, 2.75) is 25.7 Å². The normalized spacial score (nSPS) is 17.1. The molecular weight excluding hydrogens is 284 g/mol. The molecule has 1 atom stereocenters. The van der Waals surface area contributed by atoms with E-state index in [1.807, 2.05) is 35.0 Å². The third-order valence-electron chi connectivity index (χ3n) is 4.56. The van der Waals surface area contributed by atoms with E-state index in [2.05, 4.69) is 36.3 Å². The van der Waals surface area contributed by atoms with E-state index in [1.54, 1.807) is 6.20 Å². The Labute approximate surface area is 135 Å². The third-order valence-corrected chi connectivity index (χ3v) is 4.56. The Hall–Kier alpha value is -2.68. The van der Waals surface area contributed by atoms with Crippen molar-refractivity contribution >= 4 is 5.78 Å². The SMILES string of the molecule is Cc1cccc(-n2ncc3c2C[C@H](c2ccccc2)CC3=O)c1. The van der Waals surface area contributed by atoms with Gasteiger partial charge in [-0.3, -0.25) is 4.79 Å². The Kier molecular flexibility index (Phi) is 3.34. The Balaban J connectivity index is 1.77. The lowest BCUT2D eigenvalue weighted by molar-refractivity contribution is 0.0964. The number of ketones is 1. The van der Waals surface area contributed by atoms with Crippen molar-refractivity contribution in [3.8, 4) is 5.69 Å². The Bertz CT molecular complexity index is 864. The number of nitrogens with zero attached hydrogens (tertiary/aromatic N) is 2. The van der Waals surface area contributed by atoms with Crippen LogP contribution in [0.2, 0.25) is 0 Å². The number of carbonyl (C=O) groups excluding carboxylic acids is 1. The molecule has 4 rings (SSSR count). The largest absolute Gasteiger partial charge is 0.294 e. The Morgan fingerprint density at radius 2 is 1.87 bits per heavy atom. The molecule has 0 N–H and O–H groups in total. The zero-order chi connectivity index (χ0) is 15.8. The van der Waals surface area contributed by atoms with Crippen LogP contribution in [0.5, 0.6) is 0 Å². The molecule has 23 heavy (non-hydrogen) atoms. The number of hydrogen-bond acceptors (Lipinski definition) is 2. The molecule has 0 spiro atoms. The second kappa shape index (κ2) is 5.51. The fourth-order valence-electron chi connectivity index (χ4n) is 3.39. The van der Waals surface area contributed by atoms with Crippen molar-refractivity contribution < 1.29 is 4.79 Å². The molecule has 0 unspecified atom stereocenters. The zero-order valence-electron chi connectivity index (χ0n) is 13.1. The van der Waals surface area contributed by atoms with Gasteiger partial charge >= 0.3 is 0 Å². The van der Waals surface area contributed by atoms with Crippen molar-refractivity contribution in [1.82, 2.24) is 9.78 Å². The van der Waals surface area contributed by atoms with Crippen LogP contribution in [0.25, 0.3) is 5.69 Å². The molecule has 0 fully saturated rings. The Morgan fingerprint density at radius 1 is 1.04 bits per heavy atom. The van der Waals surface area contributed by atoms with Gasteiger partial charge in [0.2, 0.25) is 0 Å². The van der Waals surface area contributed by atoms with Gasteiger partial charge in [-0.05, 0) is 42.5 Å². The fraction of sp³-hybridized carbons (Fsp3) is 0.200. The van der Waals surface area contributed by atoms with Crippen molar-refractivity contribution in [1.29, 1.82) is 0 Å². The van der Waals surface area contributed by atoms with E-state index in [-0.39, 0.29) is 11.7 Å². The lowest BCUT2D eigenvalue weighted by Crippen LogP contribution is -2.20. The van der Waals surface area contributed by atoms with Crippen LogP contribution < -0.4 is 0 Å². The predicted molar refractivity (Wildman–Crippen MR) is 90.1 cm³/mol. The van der Waals surface area contributed by atoms with E-state index in [0.717, 1.165) is 23.4 Å². The second-order valence-corrected chi connectivity index (χ2v) is 6.19. The molecule has 3 heteroatoms. The van der Waals surface area contributed by atoms with Gasteiger partial charge in [0, 0.05) is 6.42 Å². The second-order valence-electron chi connectivity index (χ2n) is 6.19. The number of aryl methyl sites for hydroxylation is 1. The minimum atomic E-state index is 0.194. The molecule has 0 saturated heterocycles. The van der Waals surface area contributed by atoms with E-state index < -0.39 is 0 Å². The molecule has 0 bridgehead atoms. The smallest absolute Gasteiger partial charge is 0.166 e. The number of hydrogen-bond donors (Lipinski definition) is 0. The summed E-state index contributed by atoms with van der Waals surface area (Å²) in [5.41, 5.74) is 5.24. The fourth-order valence-corrected chi connectivity index (χ4v) is 3.39. The van der Waals surface area contributed by atoms with Crippen LogP contribution in [0.3, 0.4) is 0 Å². The number of benzene rings is 2. The predicted octanol–water partition coefficient (Wildman–Crippen LogP) is 4.09. The van der Waals surface area contributed by atoms with Gasteiger partial charge in [0.25, 0.3) is 0 Å². The number of fused-ring (bicyclic) bond motifs is 1. The highest BCUT2D eigenvalue weighted by Crippen LogP contribution is 2.33. The lowest BCUT2D eigenvalue weighted by Gasteiger charge is -2.23. The number of Topliss-reactive ketones (excluding diaryl/α,β-unsaturated/α-hetero) is 1. The summed E-state index contributed by atoms with van der Waals surface area (Å²) < 4.78 is 1.93. The summed E-state index contributed by atoms with van der Waals surface area (Å²) in [5.74, 6) is 0.426. The molecule has 1 aliphatic carbocycles. The standard InChI is InChI=1S/C20H18N2O/c1-14-6-5-9-17(10-14)22-19-11-16(15-7-3-2-4-8-15)12-20(23)18(19)13-21-22/h2-10,13,16H,11-12H2,1H3/t16-/m0/s1. The van der Waals surface area contributed by atoms with Crippen molar-refractivity contribution in [3.05, 3.63) is 83.2 Å². The van der Waals surface area contributed by atoms with E-state index in [9.17, 15) is 4.79 Å². The molecule has 0 radical (unpaired) electrons. The first kappa shape index (κ1) is 13.9. The van der Waals surface area contributed by atoms with Crippen LogP contribution in [0.15, 0.2) is 60.8 Å². The maximum Gasteiger partial charge on any atom is 0.166 e. The third kappa shape index (κ3) is 2.48. The van der Waals surface area contributed by atoms with Crippen molar-refractivity contribution in [2.24, 2.45) is 0 Å². The molecule has 3 nitrogen and oxygen atoms in total. The molecule has 114 valence electrons. The topological polar surface area (TPSA) is 34.9 Å². The van der Waals surface area contributed by atoms with E-state index in [1.165, 1.54) is 11.1 Å². The van der Waals surface area contributed by atoms with Crippen LogP contribution in [0, 0.1) is 6.92 Å². The van der Waals surface area contributed by atoms with E-state index in [4.69, 9.17) is 0 Å². The van der Waals surface area contributed by atoms with E-state index >= 15 is 0 Å². The van der Waals surface area contributed by atoms with Crippen LogP contribution >= 0.6 is 0 Å². The maximum absolute atomic E-state index is 12.5. The molecule has 0 amide bonds. The monoisotopic (exact) mass is 302 g/mol. The molecule has 1 heterocycles. The molecule has 1 aromatic heterocycles. The summed E-state index contributed by atoms with van der Waals surface area (Å²) in [5, 5.41) is 4.48. The first-order chi connectivity index (χ1) is 11.2. The van der Waals surface area contributed by atoms with Crippen LogP contribution in [-0.4, -0.2) is 15.6 Å². The zero-order valence-corrected chi connectivity index (χ0v) is 13.1. The van der Waals surface area contributed by atoms with Gasteiger partial charge in [-0.25, -0.2) is 4.68 Å². The van der Waals surface area contributed by atoms with Gasteiger partial charge in [0.1, 0.15) is 0 Å². The quantitative estimate of drug-likeness (QED) is 0.714. The van der Waals surface area contributed by atoms with Gasteiger partial charge in [-0.1, -0.05) is 42.5 Å². The highest BCUT2D eigenvalue weighted by atomic mass is 16.1. The van der Waals surface area contributed by atoms with Crippen LogP contribution in [0.1, 0.15) is 39.5 Å². The molecule has 0 aliphatic heterocycles. The minimum Gasteiger partial charge on any atom is -0.294 e. The molecular formula is C20H18N2O. The summed E-state index contributed by atoms with van der Waals surface area (Å²) in [6, 6.07) is 18.5. The van der Waals surface area contributed by atoms with Crippen LogP contribution in [-0.2, 0) is 6.42 Å². The first-order valence-electron chi connectivity index (χ1n) is 7.94. The first-order valence-corrected chi connectivity index (χ1v) is 7.94. The average molecular weight is 302 g/mol. The molecule has 2 aromatic carbocycles. The molecule has 0 saturated carbocycles. The van der Waals surface area contributed by atoms with Crippen molar-refractivity contribution in [3.63, 3.8) is 0 Å². The summed E-state index contributed by atoms with van der Waals surface area (Å²) in [7, 11) is 0. The minimum absolute atomic E-state index is 0.194. The van der Waals surface area contributed by atoms with Gasteiger partial charge < -0.3 is 0 Å². The number of rotatable bonds is 2. The summed E-state index contributed by atoms with van der Waals surface area (Å²) in [6.07, 6.45) is 3.14. The lowest BCUT2D eigenvalue weighted by atomic mass is 9.82. The van der Waals surface area contributed by atoms with Gasteiger partial charge in [-0.15, -0.1) is 0 Å². The number of carbonyl (C=O) groups is 1. The highest BCUT2D eigenvalue weighted by molar-refractivity contribution is 5.98. The maximum atomic E-state index is 12.5. The molecule has 1 aliphatic rings. The highest BCUT2D eigenvalue weighted by Gasteiger charge is 2.29. The average Bonchev–Trinajstić information content (AvgIpc) is 3.00. The molecule has 3 aromatic rings. The van der Waals surface area contributed by atoms with E-state index in [0.29, 0.717) is 6.42 Å².